The first-order valence-electron chi connectivity index (χ1n) is 44.4. The van der Waals surface area contributed by atoms with Crippen LogP contribution in [0, 0.1) is 5.92 Å². The second-order valence-electron chi connectivity index (χ2n) is 33.6. The standard InChI is InChI=1S/C93H147N3O28S2/c1-60(42-109-64(5)46-113-68(9)50-117-72(13)54-121-76(17)58-123-74(15)56-119-70(11)52-115-66(7)48-111-62(3)44-107-38-36-105-19)26-25-40-125(101,102)95-84-33-31-78(86-88(84)92(99)82-29-23-21-27-80(82)90(86)97)79-32-34-85(89-87(79)91(98)81-28-22-24-30-83(81)93(89)100)96-126(103,104)41-35-94-61(2)43-110-65(6)47-114-69(10)51-118-73(14)55-122-77(18)59-124-75(16)57-120-71(12)53-116-67(8)49-112-63(4)45-108-39-37-106-20/h21-24,27-34,60-77,94-96H,25-26,35-59H2,1-20H3. The Morgan fingerprint density at radius 1 is 0.270 bits per heavy atom. The lowest BCUT2D eigenvalue weighted by atomic mass is 9.76. The highest BCUT2D eigenvalue weighted by molar-refractivity contribution is 7.93. The lowest BCUT2D eigenvalue weighted by Crippen LogP contribution is -2.37. The van der Waals surface area contributed by atoms with Crippen LogP contribution in [-0.2, 0) is 115 Å². The zero-order chi connectivity index (χ0) is 92.5. The monoisotopic (exact) mass is 1820 g/mol. The maximum Gasteiger partial charge on any atom is 0.233 e. The van der Waals surface area contributed by atoms with E-state index in [4.69, 9.17) is 94.7 Å². The molecule has 714 valence electrons. The Bertz CT molecular complexity index is 3850. The summed E-state index contributed by atoms with van der Waals surface area (Å²) in [6.45, 7) is 43.6. The molecule has 0 fully saturated rings. The second kappa shape index (κ2) is 57.5. The smallest absolute Gasteiger partial charge is 0.233 e. The van der Waals surface area contributed by atoms with Crippen LogP contribution in [-0.4, -0.2) is 321 Å². The van der Waals surface area contributed by atoms with Crippen molar-refractivity contribution in [2.45, 2.75) is 241 Å². The first kappa shape index (κ1) is 109. The lowest BCUT2D eigenvalue weighted by Gasteiger charge is -2.27. The molecule has 2 aliphatic carbocycles. The van der Waals surface area contributed by atoms with Crippen molar-refractivity contribution in [2.24, 2.45) is 5.92 Å². The van der Waals surface area contributed by atoms with Crippen LogP contribution in [0.3, 0.4) is 0 Å². The Hall–Kier alpha value is -5.78. The molecule has 4 aromatic carbocycles. The highest BCUT2D eigenvalue weighted by Gasteiger charge is 2.40. The summed E-state index contributed by atoms with van der Waals surface area (Å²) in [6.07, 6.45) is -2.10. The molecule has 0 amide bonds. The first-order chi connectivity index (χ1) is 60.0. The number of fused-ring (bicyclic) bond motifs is 4. The third-order valence-corrected chi connectivity index (χ3v) is 23.1. The van der Waals surface area contributed by atoms with Crippen molar-refractivity contribution >= 4 is 54.6 Å². The van der Waals surface area contributed by atoms with Gasteiger partial charge in [0.2, 0.25) is 20.0 Å². The molecule has 0 saturated heterocycles. The quantitative estimate of drug-likeness (QED) is 0.0299. The summed E-state index contributed by atoms with van der Waals surface area (Å²) >= 11 is 0. The average molecular weight is 1820 g/mol. The number of carbonyl (C=O) groups is 4. The molecule has 2 aliphatic rings. The predicted octanol–water partition coefficient (Wildman–Crippen LogP) is 11.6. The predicted molar refractivity (Wildman–Crippen MR) is 481 cm³/mol. The summed E-state index contributed by atoms with van der Waals surface area (Å²) in [6, 6.07) is 17.5. The van der Waals surface area contributed by atoms with Gasteiger partial charge in [-0.2, -0.15) is 0 Å². The van der Waals surface area contributed by atoms with Gasteiger partial charge < -0.3 is 100 Å². The van der Waals surface area contributed by atoms with Crippen LogP contribution >= 0.6 is 0 Å². The van der Waals surface area contributed by atoms with Gasteiger partial charge in [0.05, 0.1) is 270 Å². The number of benzene rings is 4. The van der Waals surface area contributed by atoms with E-state index >= 15 is 0 Å². The number of hydrogen-bond acceptors (Lipinski definition) is 29. The number of methoxy groups -OCH3 is 2. The molecule has 0 spiro atoms. The highest BCUT2D eigenvalue weighted by Crippen LogP contribution is 2.44. The zero-order valence-corrected chi connectivity index (χ0v) is 79.8. The van der Waals surface area contributed by atoms with E-state index in [2.05, 4.69) is 14.8 Å². The third kappa shape index (κ3) is 39.7. The fourth-order valence-corrected chi connectivity index (χ4v) is 15.2. The number of rotatable bonds is 71. The van der Waals surface area contributed by atoms with Crippen molar-refractivity contribution in [1.29, 1.82) is 0 Å². The molecular formula is C93H147N3O28S2. The minimum absolute atomic E-state index is 0.0286. The van der Waals surface area contributed by atoms with Crippen molar-refractivity contribution < 1.29 is 131 Å². The first-order valence-corrected chi connectivity index (χ1v) is 47.7. The van der Waals surface area contributed by atoms with E-state index in [0.29, 0.717) is 139 Å². The molecule has 33 heteroatoms. The van der Waals surface area contributed by atoms with Crippen LogP contribution < -0.4 is 14.8 Å². The van der Waals surface area contributed by atoms with Crippen molar-refractivity contribution in [1.82, 2.24) is 5.32 Å². The van der Waals surface area contributed by atoms with Crippen LogP contribution in [0.4, 0.5) is 11.4 Å². The number of hydrogen-bond donors (Lipinski definition) is 3. The number of carbonyl (C=O) groups excluding carboxylic acids is 4. The Labute approximate surface area is 749 Å². The number of ether oxygens (including phenoxy) is 20. The maximum atomic E-state index is 15.0. The molecule has 0 aliphatic heterocycles. The molecule has 0 aromatic heterocycles. The van der Waals surface area contributed by atoms with E-state index in [1.54, 1.807) is 38.5 Å². The molecule has 0 saturated carbocycles. The molecule has 126 heavy (non-hydrogen) atoms. The Morgan fingerprint density at radius 2 is 0.508 bits per heavy atom. The van der Waals surface area contributed by atoms with Crippen molar-refractivity contribution in [3.05, 3.63) is 117 Å². The number of ketones is 4. The van der Waals surface area contributed by atoms with Gasteiger partial charge in [0.1, 0.15) is 0 Å². The van der Waals surface area contributed by atoms with Gasteiger partial charge in [-0.3, -0.25) is 28.6 Å². The summed E-state index contributed by atoms with van der Waals surface area (Å²) < 4.78 is 178. The molecule has 6 rings (SSSR count). The van der Waals surface area contributed by atoms with Gasteiger partial charge >= 0.3 is 0 Å². The second-order valence-corrected chi connectivity index (χ2v) is 37.3. The van der Waals surface area contributed by atoms with E-state index in [-0.39, 0.29) is 209 Å². The van der Waals surface area contributed by atoms with Crippen molar-refractivity contribution in [3.63, 3.8) is 0 Å². The van der Waals surface area contributed by atoms with E-state index in [0.717, 1.165) is 0 Å². The fourth-order valence-electron chi connectivity index (χ4n) is 13.1. The van der Waals surface area contributed by atoms with Crippen molar-refractivity contribution in [2.75, 3.05) is 187 Å². The summed E-state index contributed by atoms with van der Waals surface area (Å²) in [4.78, 5) is 59.5. The SMILES string of the molecule is COCCOCC(C)OCC(C)OCC(C)OCC(C)OCC(C)OCC(C)OCC(C)OCC(C)OCC(C)CCCS(=O)(=O)Nc1ccc(-c2ccc(NS(=O)(=O)CCNC(C)COC(C)COC(C)COC(C)COC(C)COC(C)COC(C)COC(C)COC(C)COCCOC)c3c2C(=O)c2ccccc2C3=O)c2c1C(=O)c1ccccc1C2=O. The third-order valence-electron chi connectivity index (χ3n) is 20.4. The molecule has 4 aromatic rings. The van der Waals surface area contributed by atoms with Crippen LogP contribution in [0.2, 0.25) is 0 Å². The summed E-state index contributed by atoms with van der Waals surface area (Å²) in [5.41, 5.74) is -1.05. The number of anilines is 2. The zero-order valence-electron chi connectivity index (χ0n) is 78.2. The Balaban J connectivity index is 0.919. The van der Waals surface area contributed by atoms with Gasteiger partial charge in [-0.05, 0) is 160 Å². The molecule has 18 unspecified atom stereocenters. The summed E-state index contributed by atoms with van der Waals surface area (Å²) in [7, 11) is -5.15. The minimum Gasteiger partial charge on any atom is -0.382 e. The molecule has 3 N–H and O–H groups in total. The van der Waals surface area contributed by atoms with Crippen LogP contribution in [0.15, 0.2) is 72.8 Å². The normalized spacial score (nSPS) is 17.4. The van der Waals surface area contributed by atoms with E-state index in [1.807, 2.05) is 125 Å². The van der Waals surface area contributed by atoms with Gasteiger partial charge in [-0.25, -0.2) is 16.8 Å². The maximum absolute atomic E-state index is 15.0. The minimum atomic E-state index is -4.24. The van der Waals surface area contributed by atoms with Crippen LogP contribution in [0.1, 0.15) is 201 Å². The van der Waals surface area contributed by atoms with E-state index < -0.39 is 48.9 Å². The lowest BCUT2D eigenvalue weighted by molar-refractivity contribution is -0.110. The largest absolute Gasteiger partial charge is 0.382 e. The highest BCUT2D eigenvalue weighted by atomic mass is 32.2. The molecule has 0 radical (unpaired) electrons. The van der Waals surface area contributed by atoms with E-state index in [1.165, 1.54) is 48.5 Å². The van der Waals surface area contributed by atoms with Crippen LogP contribution in [0.5, 0.6) is 0 Å². The van der Waals surface area contributed by atoms with Gasteiger partial charge in [-0.15, -0.1) is 0 Å². The molecule has 0 heterocycles. The number of nitrogens with one attached hydrogen (secondary N) is 3. The van der Waals surface area contributed by atoms with Crippen LogP contribution in [0.25, 0.3) is 11.1 Å². The van der Waals surface area contributed by atoms with Gasteiger partial charge in [0.15, 0.2) is 23.1 Å². The summed E-state index contributed by atoms with van der Waals surface area (Å²) in [5.74, 6) is -3.44. The summed E-state index contributed by atoms with van der Waals surface area (Å²) in [5, 5.41) is 3.19. The van der Waals surface area contributed by atoms with Crippen molar-refractivity contribution in [3.8, 4) is 11.1 Å². The molecule has 0 bridgehead atoms. The van der Waals surface area contributed by atoms with E-state index in [9.17, 15) is 36.0 Å². The molecule has 31 nitrogen and oxygen atoms in total. The topological polar surface area (TPSA) is 357 Å². The average Bonchev–Trinajstić information content (AvgIpc) is 0.718. The fraction of sp³-hybridized carbons (Fsp3) is 0.699. The van der Waals surface area contributed by atoms with Gasteiger partial charge in [-0.1, -0.05) is 67.6 Å². The molecular weight excluding hydrogens is 1670 g/mol. The Kier molecular flexibility index (Phi) is 49.7. The molecule has 18 atom stereocenters. The van der Waals surface area contributed by atoms with Gasteiger partial charge in [0, 0.05) is 66.8 Å². The van der Waals surface area contributed by atoms with Gasteiger partial charge in [0.25, 0.3) is 0 Å². The Morgan fingerprint density at radius 3 is 0.778 bits per heavy atom. The number of sulfonamides is 2.